The molecule has 0 saturated carbocycles. The Balaban J connectivity index is 2.07. The molecule has 2 aromatic heterocycles. The van der Waals surface area contributed by atoms with Crippen LogP contribution in [0, 0.1) is 0 Å². The maximum atomic E-state index is 6.03. The Labute approximate surface area is 102 Å². The Hall–Kier alpha value is -0.920. The lowest BCUT2D eigenvalue weighted by Gasteiger charge is -2.06. The number of nitrogens with zero attached hydrogens (tertiary/aromatic N) is 3. The quantitative estimate of drug-likeness (QED) is 0.849. The van der Waals surface area contributed by atoms with E-state index in [9.17, 15) is 0 Å². The van der Waals surface area contributed by atoms with Crippen LogP contribution in [0.5, 0.6) is 0 Å². The molecule has 2 rings (SSSR count). The monoisotopic (exact) mass is 255 g/mol. The van der Waals surface area contributed by atoms with Crippen LogP contribution in [0.3, 0.4) is 0 Å². The van der Waals surface area contributed by atoms with E-state index >= 15 is 0 Å². The normalized spacial score (nSPS) is 12.9. The molecule has 0 bridgehead atoms. The van der Waals surface area contributed by atoms with E-state index in [-0.39, 0.29) is 6.04 Å². The standard InChI is InChI=1S/C9H13N5S2/c1-15-3-2-6(10)7-4-16-9(13-7)8-11-5-12-14-8/h4-6H,2-3,10H2,1H3,(H,11,12,14). The Bertz CT molecular complexity index is 425. The highest BCUT2D eigenvalue weighted by Gasteiger charge is 2.12. The molecule has 0 saturated heterocycles. The highest BCUT2D eigenvalue weighted by Crippen LogP contribution is 2.24. The van der Waals surface area contributed by atoms with Crippen molar-refractivity contribution in [2.24, 2.45) is 5.73 Å². The van der Waals surface area contributed by atoms with Crippen LogP contribution < -0.4 is 5.73 Å². The highest BCUT2D eigenvalue weighted by atomic mass is 32.2. The number of hydrogen-bond acceptors (Lipinski definition) is 6. The molecule has 0 amide bonds. The van der Waals surface area contributed by atoms with Gasteiger partial charge in [-0.2, -0.15) is 16.9 Å². The Morgan fingerprint density at radius 2 is 2.50 bits per heavy atom. The summed E-state index contributed by atoms with van der Waals surface area (Å²) in [6.07, 6.45) is 4.50. The van der Waals surface area contributed by atoms with Gasteiger partial charge in [0, 0.05) is 11.4 Å². The molecule has 1 atom stereocenters. The van der Waals surface area contributed by atoms with Gasteiger partial charge >= 0.3 is 0 Å². The van der Waals surface area contributed by atoms with Crippen molar-refractivity contribution >= 4 is 23.1 Å². The molecule has 7 heteroatoms. The number of aromatic amines is 1. The van der Waals surface area contributed by atoms with Crippen LogP contribution in [0.15, 0.2) is 11.7 Å². The van der Waals surface area contributed by atoms with Gasteiger partial charge in [0.05, 0.1) is 5.69 Å². The Morgan fingerprint density at radius 3 is 3.19 bits per heavy atom. The van der Waals surface area contributed by atoms with E-state index in [1.807, 2.05) is 5.38 Å². The summed E-state index contributed by atoms with van der Waals surface area (Å²) in [5.74, 6) is 1.75. The number of hydrogen-bond donors (Lipinski definition) is 2. The summed E-state index contributed by atoms with van der Waals surface area (Å²) in [6, 6.07) is 0.0142. The van der Waals surface area contributed by atoms with Crippen molar-refractivity contribution in [2.45, 2.75) is 12.5 Å². The van der Waals surface area contributed by atoms with Crippen molar-refractivity contribution in [3.05, 3.63) is 17.4 Å². The van der Waals surface area contributed by atoms with Gasteiger partial charge in [-0.15, -0.1) is 11.3 Å². The van der Waals surface area contributed by atoms with E-state index in [0.29, 0.717) is 5.82 Å². The van der Waals surface area contributed by atoms with Gasteiger partial charge in [0.2, 0.25) is 0 Å². The zero-order valence-electron chi connectivity index (χ0n) is 8.88. The maximum absolute atomic E-state index is 6.03. The van der Waals surface area contributed by atoms with Crippen LogP contribution in [0.1, 0.15) is 18.2 Å². The van der Waals surface area contributed by atoms with E-state index in [1.165, 1.54) is 17.7 Å². The van der Waals surface area contributed by atoms with Crippen LogP contribution in [-0.4, -0.2) is 32.2 Å². The van der Waals surface area contributed by atoms with Gasteiger partial charge in [-0.1, -0.05) is 0 Å². The summed E-state index contributed by atoms with van der Waals surface area (Å²) in [6.45, 7) is 0. The molecule has 3 N–H and O–H groups in total. The third-order valence-corrected chi connectivity index (χ3v) is 3.66. The van der Waals surface area contributed by atoms with Crippen LogP contribution >= 0.6 is 23.1 Å². The van der Waals surface area contributed by atoms with Crippen molar-refractivity contribution in [3.63, 3.8) is 0 Å². The maximum Gasteiger partial charge on any atom is 0.184 e. The van der Waals surface area contributed by atoms with E-state index in [0.717, 1.165) is 22.9 Å². The Morgan fingerprint density at radius 1 is 1.62 bits per heavy atom. The lowest BCUT2D eigenvalue weighted by atomic mass is 10.2. The molecule has 0 aliphatic heterocycles. The third kappa shape index (κ3) is 2.60. The van der Waals surface area contributed by atoms with Gasteiger partial charge in [-0.05, 0) is 18.4 Å². The predicted octanol–water partition coefficient (Wildman–Crippen LogP) is 1.68. The first-order valence-electron chi connectivity index (χ1n) is 4.87. The molecule has 0 radical (unpaired) electrons. The number of H-pyrrole nitrogens is 1. The minimum absolute atomic E-state index is 0.0142. The fourth-order valence-electron chi connectivity index (χ4n) is 1.27. The first kappa shape index (κ1) is 11.6. The van der Waals surface area contributed by atoms with Gasteiger partial charge in [0.15, 0.2) is 10.8 Å². The lowest BCUT2D eigenvalue weighted by molar-refractivity contribution is 0.687. The topological polar surface area (TPSA) is 80.5 Å². The third-order valence-electron chi connectivity index (χ3n) is 2.15. The number of thioether (sulfide) groups is 1. The van der Waals surface area contributed by atoms with Crippen molar-refractivity contribution in [1.82, 2.24) is 20.2 Å². The molecular formula is C9H13N5S2. The second-order valence-electron chi connectivity index (χ2n) is 3.30. The molecule has 0 aliphatic carbocycles. The van der Waals surface area contributed by atoms with Gasteiger partial charge in [0.1, 0.15) is 6.33 Å². The second-order valence-corrected chi connectivity index (χ2v) is 5.14. The smallest absolute Gasteiger partial charge is 0.184 e. The summed E-state index contributed by atoms with van der Waals surface area (Å²) in [5, 5.41) is 9.42. The second kappa shape index (κ2) is 5.42. The van der Waals surface area contributed by atoms with Gasteiger partial charge in [-0.3, -0.25) is 5.10 Å². The molecule has 0 fully saturated rings. The molecule has 0 aliphatic rings. The van der Waals surface area contributed by atoms with Crippen LogP contribution in [-0.2, 0) is 0 Å². The van der Waals surface area contributed by atoms with Gasteiger partial charge < -0.3 is 5.73 Å². The minimum Gasteiger partial charge on any atom is -0.323 e. The van der Waals surface area contributed by atoms with Crippen molar-refractivity contribution in [2.75, 3.05) is 12.0 Å². The summed E-state index contributed by atoms with van der Waals surface area (Å²) in [7, 11) is 0. The molecule has 86 valence electrons. The molecule has 2 aromatic rings. The number of rotatable bonds is 5. The summed E-state index contributed by atoms with van der Waals surface area (Å²) in [4.78, 5) is 8.51. The summed E-state index contributed by atoms with van der Waals surface area (Å²) >= 11 is 3.33. The van der Waals surface area contributed by atoms with Gasteiger partial charge in [0.25, 0.3) is 0 Å². The van der Waals surface area contributed by atoms with E-state index < -0.39 is 0 Å². The first-order valence-corrected chi connectivity index (χ1v) is 7.14. The van der Waals surface area contributed by atoms with E-state index in [2.05, 4.69) is 26.4 Å². The summed E-state index contributed by atoms with van der Waals surface area (Å²) in [5.41, 5.74) is 6.97. The van der Waals surface area contributed by atoms with Crippen LogP contribution in [0.25, 0.3) is 10.8 Å². The van der Waals surface area contributed by atoms with E-state index in [4.69, 9.17) is 5.73 Å². The number of nitrogens with one attached hydrogen (secondary N) is 1. The molecule has 5 nitrogen and oxygen atoms in total. The zero-order chi connectivity index (χ0) is 11.4. The van der Waals surface area contributed by atoms with Crippen molar-refractivity contribution < 1.29 is 0 Å². The fraction of sp³-hybridized carbons (Fsp3) is 0.444. The number of nitrogens with two attached hydrogens (primary N) is 1. The van der Waals surface area contributed by atoms with Crippen LogP contribution in [0.4, 0.5) is 0 Å². The largest absolute Gasteiger partial charge is 0.323 e. The average molecular weight is 255 g/mol. The first-order chi connectivity index (χ1) is 7.81. The number of aromatic nitrogens is 4. The molecule has 1 unspecified atom stereocenters. The molecule has 0 aromatic carbocycles. The molecule has 16 heavy (non-hydrogen) atoms. The van der Waals surface area contributed by atoms with E-state index in [1.54, 1.807) is 11.8 Å². The molecular weight excluding hydrogens is 242 g/mol. The zero-order valence-corrected chi connectivity index (χ0v) is 10.5. The fourth-order valence-corrected chi connectivity index (χ4v) is 2.58. The predicted molar refractivity (Wildman–Crippen MR) is 67.4 cm³/mol. The van der Waals surface area contributed by atoms with Crippen molar-refractivity contribution in [1.29, 1.82) is 0 Å². The molecule has 2 heterocycles. The van der Waals surface area contributed by atoms with Crippen molar-refractivity contribution in [3.8, 4) is 10.8 Å². The minimum atomic E-state index is 0.0142. The summed E-state index contributed by atoms with van der Waals surface area (Å²) < 4.78 is 0. The molecule has 0 spiro atoms. The highest BCUT2D eigenvalue weighted by molar-refractivity contribution is 7.98. The van der Waals surface area contributed by atoms with Crippen LogP contribution in [0.2, 0.25) is 0 Å². The average Bonchev–Trinajstić information content (AvgIpc) is 2.94. The SMILES string of the molecule is CSCCC(N)c1csc(-c2ncn[nH]2)n1. The lowest BCUT2D eigenvalue weighted by Crippen LogP contribution is -2.11. The number of thiazole rings is 1. The Kier molecular flexibility index (Phi) is 3.92. The van der Waals surface area contributed by atoms with Gasteiger partial charge in [-0.25, -0.2) is 9.97 Å².